The molecule has 1 aromatic rings. The molecule has 0 aliphatic rings. The predicted molar refractivity (Wildman–Crippen MR) is 87.1 cm³/mol. The van der Waals surface area contributed by atoms with Gasteiger partial charge in [0.2, 0.25) is 10.0 Å². The third kappa shape index (κ3) is 5.50. The van der Waals surface area contributed by atoms with E-state index in [0.717, 1.165) is 6.07 Å². The third-order valence-corrected chi connectivity index (χ3v) is 4.35. The summed E-state index contributed by atoms with van der Waals surface area (Å²) in [6.07, 6.45) is 0. The maximum absolute atomic E-state index is 12.1. The number of sulfonamides is 1. The number of amides is 1. The van der Waals surface area contributed by atoms with Gasteiger partial charge < -0.3 is 14.8 Å². The zero-order valence-corrected chi connectivity index (χ0v) is 14.8. The molecule has 0 spiro atoms. The number of methoxy groups -OCH3 is 1. The molecule has 24 heavy (non-hydrogen) atoms. The molecule has 0 radical (unpaired) electrons. The van der Waals surface area contributed by atoms with Gasteiger partial charge in [-0.05, 0) is 31.0 Å². The molecule has 1 aromatic carbocycles. The monoisotopic (exact) mass is 358 g/mol. The van der Waals surface area contributed by atoms with Gasteiger partial charge in [0.15, 0.2) is 6.61 Å². The van der Waals surface area contributed by atoms with Crippen LogP contribution in [0.4, 0.5) is 0 Å². The lowest BCUT2D eigenvalue weighted by Crippen LogP contribution is -2.38. The first-order chi connectivity index (χ1) is 11.1. The summed E-state index contributed by atoms with van der Waals surface area (Å²) >= 11 is 0. The molecule has 0 aliphatic heterocycles. The molecule has 0 fully saturated rings. The van der Waals surface area contributed by atoms with E-state index in [4.69, 9.17) is 14.6 Å². The Hall–Kier alpha value is -2.13. The summed E-state index contributed by atoms with van der Waals surface area (Å²) in [5.41, 5.74) is -0.131. The average Bonchev–Trinajstić information content (AvgIpc) is 2.50. The number of hydrogen-bond acceptors (Lipinski definition) is 6. The van der Waals surface area contributed by atoms with E-state index in [2.05, 4.69) is 5.32 Å². The summed E-state index contributed by atoms with van der Waals surface area (Å²) < 4.78 is 32.7. The van der Waals surface area contributed by atoms with E-state index in [1.165, 1.54) is 19.2 Å². The fourth-order valence-corrected chi connectivity index (χ4v) is 2.23. The van der Waals surface area contributed by atoms with Gasteiger partial charge in [0, 0.05) is 6.04 Å². The van der Waals surface area contributed by atoms with Gasteiger partial charge in [-0.2, -0.15) is 0 Å². The first-order valence-electron chi connectivity index (χ1n) is 7.23. The first kappa shape index (κ1) is 19.9. The highest BCUT2D eigenvalue weighted by atomic mass is 32.2. The maximum Gasteiger partial charge on any atom is 0.342 e. The number of benzene rings is 1. The van der Waals surface area contributed by atoms with E-state index < -0.39 is 28.5 Å². The zero-order valence-electron chi connectivity index (χ0n) is 14.0. The third-order valence-electron chi connectivity index (χ3n) is 3.44. The SMILES string of the molecule is COc1ccc(S(N)(=O)=O)cc1C(=O)OCC(=O)N[C@H](C)C(C)C. The van der Waals surface area contributed by atoms with Crippen LogP contribution in [0.25, 0.3) is 0 Å². The van der Waals surface area contributed by atoms with Crippen molar-refractivity contribution in [2.24, 2.45) is 11.1 Å². The molecule has 8 nitrogen and oxygen atoms in total. The van der Waals surface area contributed by atoms with Crippen molar-refractivity contribution in [3.8, 4) is 5.75 Å². The molecule has 0 aliphatic carbocycles. The highest BCUT2D eigenvalue weighted by Gasteiger charge is 2.20. The molecule has 0 unspecified atom stereocenters. The summed E-state index contributed by atoms with van der Waals surface area (Å²) in [5.74, 6) is -0.990. The number of nitrogens with two attached hydrogens (primary N) is 1. The van der Waals surface area contributed by atoms with Crippen LogP contribution in [0, 0.1) is 5.92 Å². The molecule has 1 amide bonds. The molecule has 1 rings (SSSR count). The lowest BCUT2D eigenvalue weighted by atomic mass is 10.1. The van der Waals surface area contributed by atoms with Gasteiger partial charge >= 0.3 is 5.97 Å². The molecule has 0 saturated heterocycles. The normalized spacial score (nSPS) is 12.6. The van der Waals surface area contributed by atoms with Gasteiger partial charge in [-0.1, -0.05) is 13.8 Å². The number of esters is 1. The van der Waals surface area contributed by atoms with E-state index in [-0.39, 0.29) is 28.2 Å². The van der Waals surface area contributed by atoms with Crippen LogP contribution in [0.5, 0.6) is 5.75 Å². The molecular weight excluding hydrogens is 336 g/mol. The standard InChI is InChI=1S/C15H22N2O6S/c1-9(2)10(3)17-14(18)8-23-15(19)12-7-11(24(16,20)21)5-6-13(12)22-4/h5-7,9-10H,8H2,1-4H3,(H,17,18)(H2,16,20,21)/t10-/m1/s1. The largest absolute Gasteiger partial charge is 0.496 e. The summed E-state index contributed by atoms with van der Waals surface area (Å²) in [5, 5.41) is 7.72. The number of carbonyl (C=O) groups is 2. The number of ether oxygens (including phenoxy) is 2. The minimum atomic E-state index is -3.98. The van der Waals surface area contributed by atoms with Gasteiger partial charge in [0.1, 0.15) is 11.3 Å². The summed E-state index contributed by atoms with van der Waals surface area (Å²) in [4.78, 5) is 23.6. The lowest BCUT2D eigenvalue weighted by molar-refractivity contribution is -0.125. The van der Waals surface area contributed by atoms with E-state index in [1.54, 1.807) is 0 Å². The van der Waals surface area contributed by atoms with E-state index in [0.29, 0.717) is 0 Å². The Morgan fingerprint density at radius 2 is 1.88 bits per heavy atom. The van der Waals surface area contributed by atoms with Crippen molar-refractivity contribution in [2.75, 3.05) is 13.7 Å². The van der Waals surface area contributed by atoms with E-state index >= 15 is 0 Å². The predicted octanol–water partition coefficient (Wildman–Crippen LogP) is 0.660. The molecule has 3 N–H and O–H groups in total. The number of rotatable bonds is 7. The quantitative estimate of drug-likeness (QED) is 0.690. The number of carbonyl (C=O) groups excluding carboxylic acids is 2. The van der Waals surface area contributed by atoms with Crippen molar-refractivity contribution in [1.29, 1.82) is 0 Å². The van der Waals surface area contributed by atoms with Crippen LogP contribution in [0.2, 0.25) is 0 Å². The Morgan fingerprint density at radius 3 is 2.38 bits per heavy atom. The van der Waals surface area contributed by atoms with Crippen LogP contribution in [-0.4, -0.2) is 40.1 Å². The van der Waals surface area contributed by atoms with Crippen molar-refractivity contribution >= 4 is 21.9 Å². The van der Waals surface area contributed by atoms with Gasteiger partial charge in [-0.3, -0.25) is 4.79 Å². The summed E-state index contributed by atoms with van der Waals surface area (Å²) in [6.45, 7) is 5.24. The van der Waals surface area contributed by atoms with Crippen molar-refractivity contribution in [3.05, 3.63) is 23.8 Å². The molecular formula is C15H22N2O6S. The van der Waals surface area contributed by atoms with Crippen molar-refractivity contribution in [3.63, 3.8) is 0 Å². The topological polar surface area (TPSA) is 125 Å². The van der Waals surface area contributed by atoms with Crippen LogP contribution in [0.15, 0.2) is 23.1 Å². The van der Waals surface area contributed by atoms with Crippen molar-refractivity contribution < 1.29 is 27.5 Å². The van der Waals surface area contributed by atoms with Gasteiger partial charge in [0.05, 0.1) is 12.0 Å². The van der Waals surface area contributed by atoms with E-state index in [1.807, 2.05) is 20.8 Å². The number of hydrogen-bond donors (Lipinski definition) is 2. The number of nitrogens with one attached hydrogen (secondary N) is 1. The smallest absolute Gasteiger partial charge is 0.342 e. The second-order valence-corrected chi connectivity index (χ2v) is 7.14. The van der Waals surface area contributed by atoms with Crippen LogP contribution in [-0.2, 0) is 19.6 Å². The maximum atomic E-state index is 12.1. The Balaban J connectivity index is 2.85. The second kappa shape index (κ2) is 8.11. The van der Waals surface area contributed by atoms with Crippen LogP contribution >= 0.6 is 0 Å². The Kier molecular flexibility index (Phi) is 6.73. The molecule has 0 aromatic heterocycles. The highest BCUT2D eigenvalue weighted by molar-refractivity contribution is 7.89. The minimum Gasteiger partial charge on any atom is -0.496 e. The van der Waals surface area contributed by atoms with Gasteiger partial charge in [-0.25, -0.2) is 18.4 Å². The lowest BCUT2D eigenvalue weighted by Gasteiger charge is -2.17. The Morgan fingerprint density at radius 1 is 1.25 bits per heavy atom. The van der Waals surface area contributed by atoms with Crippen molar-refractivity contribution in [1.82, 2.24) is 5.32 Å². The van der Waals surface area contributed by atoms with Crippen molar-refractivity contribution in [2.45, 2.75) is 31.7 Å². The number of primary sulfonamides is 1. The first-order valence-corrected chi connectivity index (χ1v) is 8.78. The average molecular weight is 358 g/mol. The fraction of sp³-hybridized carbons (Fsp3) is 0.467. The van der Waals surface area contributed by atoms with Gasteiger partial charge in [-0.15, -0.1) is 0 Å². The second-order valence-electron chi connectivity index (χ2n) is 5.58. The Labute approximate surface area is 141 Å². The fourth-order valence-electron chi connectivity index (χ4n) is 1.69. The summed E-state index contributed by atoms with van der Waals surface area (Å²) in [7, 11) is -2.66. The molecule has 1 atom stereocenters. The van der Waals surface area contributed by atoms with Crippen LogP contribution in [0.3, 0.4) is 0 Å². The highest BCUT2D eigenvalue weighted by Crippen LogP contribution is 2.22. The zero-order chi connectivity index (χ0) is 18.5. The molecule has 9 heteroatoms. The molecule has 0 saturated carbocycles. The van der Waals surface area contributed by atoms with Crippen LogP contribution in [0.1, 0.15) is 31.1 Å². The molecule has 0 bridgehead atoms. The van der Waals surface area contributed by atoms with E-state index in [9.17, 15) is 18.0 Å². The Bertz CT molecular complexity index is 715. The van der Waals surface area contributed by atoms with Gasteiger partial charge in [0.25, 0.3) is 5.91 Å². The molecule has 0 heterocycles. The minimum absolute atomic E-state index is 0.0727. The summed E-state index contributed by atoms with van der Waals surface area (Å²) in [6, 6.07) is 3.47. The molecule has 134 valence electrons. The van der Waals surface area contributed by atoms with Crippen LogP contribution < -0.4 is 15.2 Å².